The van der Waals surface area contributed by atoms with Gasteiger partial charge in [-0.25, -0.2) is 9.18 Å². The smallest absolute Gasteiger partial charge is 0.407 e. The first-order valence-corrected chi connectivity index (χ1v) is 3.38. The molecule has 1 aliphatic rings. The number of carbonyl (C=O) groups is 1. The minimum Gasteiger partial charge on any atom is -0.465 e. The first kappa shape index (κ1) is 8.26. The molecule has 0 aromatic rings. The molecule has 0 saturated carbocycles. The van der Waals surface area contributed by atoms with E-state index in [1.807, 2.05) is 0 Å². The first-order chi connectivity index (χ1) is 5.15. The molecule has 64 valence electrons. The Labute approximate surface area is 63.2 Å². The molecule has 1 amide bonds. The molecule has 11 heavy (non-hydrogen) atoms. The predicted molar refractivity (Wildman–Crippen MR) is 35.1 cm³/mol. The highest BCUT2D eigenvalue weighted by Gasteiger charge is 2.34. The van der Waals surface area contributed by atoms with Gasteiger partial charge in [-0.05, 0) is 0 Å². The third kappa shape index (κ3) is 1.59. The number of aliphatic hydroxyl groups is 1. The maximum atomic E-state index is 12.7. The van der Waals surface area contributed by atoms with Gasteiger partial charge in [-0.15, -0.1) is 0 Å². The molecule has 1 aliphatic heterocycles. The average molecular weight is 163 g/mol. The summed E-state index contributed by atoms with van der Waals surface area (Å²) in [6.07, 6.45) is -2.33. The van der Waals surface area contributed by atoms with E-state index in [-0.39, 0.29) is 19.7 Å². The van der Waals surface area contributed by atoms with Crippen LogP contribution < -0.4 is 0 Å². The fourth-order valence-electron chi connectivity index (χ4n) is 1.16. The minimum atomic E-state index is -1.21. The number of rotatable bonds is 1. The standard InChI is InChI=1S/C6H10FNO3/c7-5-2-8(6(10)11)1-4(5)3-9/h4-5,9H,1-3H2,(H,10,11)/t4-,5-/m0/s1. The van der Waals surface area contributed by atoms with Gasteiger partial charge < -0.3 is 15.1 Å². The first-order valence-electron chi connectivity index (χ1n) is 3.38. The van der Waals surface area contributed by atoms with Crippen molar-refractivity contribution in [1.82, 2.24) is 4.90 Å². The van der Waals surface area contributed by atoms with E-state index in [2.05, 4.69) is 0 Å². The summed E-state index contributed by atoms with van der Waals surface area (Å²) in [7, 11) is 0. The molecule has 0 aliphatic carbocycles. The number of carboxylic acid groups (broad SMARTS) is 1. The van der Waals surface area contributed by atoms with Crippen LogP contribution in [0.15, 0.2) is 0 Å². The summed E-state index contributed by atoms with van der Waals surface area (Å²) in [4.78, 5) is 11.3. The third-order valence-electron chi connectivity index (χ3n) is 1.87. The number of hydrogen-bond donors (Lipinski definition) is 2. The van der Waals surface area contributed by atoms with Crippen LogP contribution in [-0.2, 0) is 0 Å². The minimum absolute atomic E-state index is 0.104. The van der Waals surface area contributed by atoms with Crippen molar-refractivity contribution in [1.29, 1.82) is 0 Å². The third-order valence-corrected chi connectivity index (χ3v) is 1.87. The van der Waals surface area contributed by atoms with Gasteiger partial charge in [0.2, 0.25) is 0 Å². The van der Waals surface area contributed by atoms with Crippen molar-refractivity contribution in [2.75, 3.05) is 19.7 Å². The number of amides is 1. The normalized spacial score (nSPS) is 30.9. The number of halogens is 1. The molecule has 2 N–H and O–H groups in total. The van der Waals surface area contributed by atoms with E-state index in [1.54, 1.807) is 0 Å². The largest absolute Gasteiger partial charge is 0.465 e. The molecule has 0 bridgehead atoms. The summed E-state index contributed by atoms with van der Waals surface area (Å²) in [6.45, 7) is -0.293. The summed E-state index contributed by atoms with van der Waals surface area (Å²) in [5.74, 6) is -0.536. The summed E-state index contributed by atoms with van der Waals surface area (Å²) < 4.78 is 12.7. The van der Waals surface area contributed by atoms with Gasteiger partial charge in [-0.3, -0.25) is 0 Å². The van der Waals surface area contributed by atoms with Crippen LogP contribution in [0.3, 0.4) is 0 Å². The van der Waals surface area contributed by atoms with Gasteiger partial charge in [0.05, 0.1) is 13.2 Å². The summed E-state index contributed by atoms with van der Waals surface area (Å²) in [6, 6.07) is 0. The van der Waals surface area contributed by atoms with Gasteiger partial charge >= 0.3 is 6.09 Å². The van der Waals surface area contributed by atoms with Crippen LogP contribution >= 0.6 is 0 Å². The lowest BCUT2D eigenvalue weighted by Gasteiger charge is -2.09. The zero-order chi connectivity index (χ0) is 8.43. The Hall–Kier alpha value is -0.840. The van der Waals surface area contributed by atoms with E-state index in [0.29, 0.717) is 0 Å². The molecule has 4 nitrogen and oxygen atoms in total. The fourth-order valence-corrected chi connectivity index (χ4v) is 1.16. The molecular formula is C6H10FNO3. The van der Waals surface area contributed by atoms with Gasteiger partial charge in [-0.1, -0.05) is 0 Å². The van der Waals surface area contributed by atoms with E-state index in [1.165, 1.54) is 0 Å². The summed E-state index contributed by atoms with van der Waals surface area (Å²) >= 11 is 0. The van der Waals surface area contributed by atoms with E-state index in [4.69, 9.17) is 10.2 Å². The molecule has 1 heterocycles. The van der Waals surface area contributed by atoms with Crippen LogP contribution in [0.4, 0.5) is 9.18 Å². The average Bonchev–Trinajstić information content (AvgIpc) is 2.31. The second kappa shape index (κ2) is 3.04. The van der Waals surface area contributed by atoms with Crippen molar-refractivity contribution >= 4 is 6.09 Å². The Kier molecular flexibility index (Phi) is 2.28. The van der Waals surface area contributed by atoms with Crippen molar-refractivity contribution in [2.45, 2.75) is 6.17 Å². The Morgan fingerprint density at radius 3 is 2.55 bits per heavy atom. The van der Waals surface area contributed by atoms with Gasteiger partial charge in [0, 0.05) is 12.5 Å². The van der Waals surface area contributed by atoms with Gasteiger partial charge in [-0.2, -0.15) is 0 Å². The van der Waals surface area contributed by atoms with Gasteiger partial charge in [0.1, 0.15) is 6.17 Å². The zero-order valence-corrected chi connectivity index (χ0v) is 5.90. The molecule has 0 radical (unpaired) electrons. The molecule has 1 fully saturated rings. The van der Waals surface area contributed by atoms with Crippen molar-refractivity contribution < 1.29 is 19.4 Å². The fraction of sp³-hybridized carbons (Fsp3) is 0.833. The number of nitrogens with zero attached hydrogens (tertiary/aromatic N) is 1. The van der Waals surface area contributed by atoms with Crippen molar-refractivity contribution in [2.24, 2.45) is 5.92 Å². The van der Waals surface area contributed by atoms with E-state index in [9.17, 15) is 9.18 Å². The predicted octanol–water partition coefficient (Wildman–Crippen LogP) is -0.0734. The highest BCUT2D eigenvalue weighted by molar-refractivity contribution is 5.65. The number of hydrogen-bond acceptors (Lipinski definition) is 2. The Morgan fingerprint density at radius 2 is 2.27 bits per heavy atom. The molecule has 5 heteroatoms. The SMILES string of the molecule is O=C(O)N1C[C@@H](CO)[C@@H](F)C1. The molecule has 2 atom stereocenters. The molecule has 0 aromatic heterocycles. The molecule has 1 saturated heterocycles. The van der Waals surface area contributed by atoms with Crippen molar-refractivity contribution in [3.05, 3.63) is 0 Å². The molecular weight excluding hydrogens is 153 g/mol. The monoisotopic (exact) mass is 163 g/mol. The van der Waals surface area contributed by atoms with Crippen LogP contribution in [0.2, 0.25) is 0 Å². The Bertz CT molecular complexity index is 164. The molecule has 0 unspecified atom stereocenters. The summed E-state index contributed by atoms with van der Waals surface area (Å²) in [5, 5.41) is 17.0. The number of aliphatic hydroxyl groups excluding tert-OH is 1. The second-order valence-electron chi connectivity index (χ2n) is 2.65. The summed E-state index contributed by atoms with van der Waals surface area (Å²) in [5.41, 5.74) is 0. The topological polar surface area (TPSA) is 60.8 Å². The van der Waals surface area contributed by atoms with E-state index >= 15 is 0 Å². The van der Waals surface area contributed by atoms with Gasteiger partial charge in [0.25, 0.3) is 0 Å². The highest BCUT2D eigenvalue weighted by atomic mass is 19.1. The lowest BCUT2D eigenvalue weighted by atomic mass is 10.1. The molecule has 0 aromatic carbocycles. The zero-order valence-electron chi connectivity index (χ0n) is 5.90. The van der Waals surface area contributed by atoms with E-state index in [0.717, 1.165) is 4.90 Å². The lowest BCUT2D eigenvalue weighted by Crippen LogP contribution is -2.27. The maximum Gasteiger partial charge on any atom is 0.407 e. The maximum absolute atomic E-state index is 12.7. The lowest BCUT2D eigenvalue weighted by molar-refractivity contribution is 0.150. The molecule has 0 spiro atoms. The van der Waals surface area contributed by atoms with Crippen LogP contribution in [-0.4, -0.2) is 47.1 Å². The number of likely N-dealkylation sites (tertiary alicyclic amines) is 1. The van der Waals surface area contributed by atoms with E-state index < -0.39 is 18.2 Å². The van der Waals surface area contributed by atoms with Crippen LogP contribution in [0.5, 0.6) is 0 Å². The van der Waals surface area contributed by atoms with Crippen molar-refractivity contribution in [3.63, 3.8) is 0 Å². The quantitative estimate of drug-likeness (QED) is 0.568. The second-order valence-corrected chi connectivity index (χ2v) is 2.65. The Balaban J connectivity index is 2.49. The van der Waals surface area contributed by atoms with Crippen molar-refractivity contribution in [3.8, 4) is 0 Å². The van der Waals surface area contributed by atoms with Crippen LogP contribution in [0.1, 0.15) is 0 Å². The number of alkyl halides is 1. The Morgan fingerprint density at radius 1 is 1.64 bits per heavy atom. The van der Waals surface area contributed by atoms with Gasteiger partial charge in [0.15, 0.2) is 0 Å². The molecule has 1 rings (SSSR count). The van der Waals surface area contributed by atoms with Crippen LogP contribution in [0, 0.1) is 5.92 Å². The highest BCUT2D eigenvalue weighted by Crippen LogP contribution is 2.18. The van der Waals surface area contributed by atoms with Crippen LogP contribution in [0.25, 0.3) is 0 Å².